The van der Waals surface area contributed by atoms with Gasteiger partial charge in [0.25, 0.3) is 0 Å². The highest BCUT2D eigenvalue weighted by molar-refractivity contribution is 5.64. The fourth-order valence-electron chi connectivity index (χ4n) is 1.47. The van der Waals surface area contributed by atoms with Crippen molar-refractivity contribution in [2.75, 3.05) is 0 Å². The maximum absolute atomic E-state index is 4.25. The van der Waals surface area contributed by atoms with E-state index in [1.807, 2.05) is 17.4 Å². The molecule has 0 saturated carbocycles. The number of allylic oxidation sites excluding steroid dienone is 2. The highest BCUT2D eigenvalue weighted by Gasteiger charge is 2.25. The van der Waals surface area contributed by atoms with E-state index in [0.717, 1.165) is 0 Å². The Bertz CT molecular complexity index is 250. The molecule has 2 nitrogen and oxygen atoms in total. The highest BCUT2D eigenvalue weighted by Crippen LogP contribution is 2.23. The second-order valence-electron chi connectivity index (χ2n) is 3.22. The molecule has 0 saturated heterocycles. The Kier molecular flexibility index (Phi) is 1.34. The van der Waals surface area contributed by atoms with Gasteiger partial charge in [-0.3, -0.25) is 5.01 Å². The van der Waals surface area contributed by atoms with Crippen LogP contribution in [0.1, 0.15) is 13.8 Å². The van der Waals surface area contributed by atoms with E-state index >= 15 is 0 Å². The normalized spacial score (nSPS) is 34.0. The van der Waals surface area contributed by atoms with Gasteiger partial charge in [-0.2, -0.15) is 5.10 Å². The van der Waals surface area contributed by atoms with Gasteiger partial charge < -0.3 is 0 Å². The molecule has 58 valence electrons. The molecule has 0 bridgehead atoms. The molecule has 2 rings (SSSR count). The lowest BCUT2D eigenvalue weighted by Gasteiger charge is -2.23. The quantitative estimate of drug-likeness (QED) is 0.511. The second kappa shape index (κ2) is 2.22. The summed E-state index contributed by atoms with van der Waals surface area (Å²) >= 11 is 0. The highest BCUT2D eigenvalue weighted by atomic mass is 15.5. The van der Waals surface area contributed by atoms with E-state index in [4.69, 9.17) is 0 Å². The average Bonchev–Trinajstić information content (AvgIpc) is 2.33. The SMILES string of the molecule is CC1=CC2C(C)C=NN2C=C1. The van der Waals surface area contributed by atoms with Crippen LogP contribution in [0.4, 0.5) is 0 Å². The Labute approximate surface area is 66.9 Å². The topological polar surface area (TPSA) is 15.6 Å². The van der Waals surface area contributed by atoms with Gasteiger partial charge in [-0.1, -0.05) is 18.6 Å². The van der Waals surface area contributed by atoms with Crippen molar-refractivity contribution in [1.29, 1.82) is 0 Å². The Morgan fingerprint density at radius 2 is 2.36 bits per heavy atom. The summed E-state index contributed by atoms with van der Waals surface area (Å²) in [5.74, 6) is 0.551. The molecule has 0 spiro atoms. The van der Waals surface area contributed by atoms with Crippen molar-refractivity contribution in [3.63, 3.8) is 0 Å². The van der Waals surface area contributed by atoms with Gasteiger partial charge in [0.15, 0.2) is 0 Å². The van der Waals surface area contributed by atoms with Gasteiger partial charge in [0, 0.05) is 18.3 Å². The van der Waals surface area contributed by atoms with E-state index < -0.39 is 0 Å². The van der Waals surface area contributed by atoms with E-state index in [2.05, 4.69) is 31.1 Å². The third kappa shape index (κ3) is 0.985. The van der Waals surface area contributed by atoms with Crippen LogP contribution in [0, 0.1) is 5.92 Å². The smallest absolute Gasteiger partial charge is 0.0780 e. The zero-order chi connectivity index (χ0) is 7.84. The summed E-state index contributed by atoms with van der Waals surface area (Å²) in [4.78, 5) is 0. The van der Waals surface area contributed by atoms with Crippen LogP contribution in [0.2, 0.25) is 0 Å². The lowest BCUT2D eigenvalue weighted by Crippen LogP contribution is -2.26. The number of hydrogen-bond acceptors (Lipinski definition) is 2. The summed E-state index contributed by atoms with van der Waals surface area (Å²) < 4.78 is 0. The molecule has 0 N–H and O–H groups in total. The van der Waals surface area contributed by atoms with Crippen LogP contribution < -0.4 is 0 Å². The van der Waals surface area contributed by atoms with Gasteiger partial charge in [-0.05, 0) is 13.0 Å². The Balaban J connectivity index is 2.27. The minimum Gasteiger partial charge on any atom is -0.266 e. The van der Waals surface area contributed by atoms with Gasteiger partial charge in [-0.25, -0.2) is 0 Å². The average molecular weight is 148 g/mol. The number of nitrogens with zero attached hydrogens (tertiary/aromatic N) is 2. The van der Waals surface area contributed by atoms with E-state index in [9.17, 15) is 0 Å². The first-order valence-corrected chi connectivity index (χ1v) is 3.96. The first-order chi connectivity index (χ1) is 5.27. The third-order valence-electron chi connectivity index (χ3n) is 2.20. The fraction of sp³-hybridized carbons (Fsp3) is 0.444. The van der Waals surface area contributed by atoms with Crippen molar-refractivity contribution in [2.24, 2.45) is 11.0 Å². The lowest BCUT2D eigenvalue weighted by molar-refractivity contribution is 0.331. The third-order valence-corrected chi connectivity index (χ3v) is 2.20. The lowest BCUT2D eigenvalue weighted by atomic mass is 10.00. The van der Waals surface area contributed by atoms with E-state index in [1.54, 1.807) is 0 Å². The van der Waals surface area contributed by atoms with E-state index in [-0.39, 0.29) is 0 Å². The van der Waals surface area contributed by atoms with E-state index in [0.29, 0.717) is 12.0 Å². The predicted molar refractivity (Wildman–Crippen MR) is 46.2 cm³/mol. The summed E-state index contributed by atoms with van der Waals surface area (Å²) in [5, 5.41) is 6.26. The fourth-order valence-corrected chi connectivity index (χ4v) is 1.47. The van der Waals surface area contributed by atoms with Crippen molar-refractivity contribution in [3.05, 3.63) is 23.9 Å². The van der Waals surface area contributed by atoms with Crippen LogP contribution in [-0.4, -0.2) is 17.3 Å². The van der Waals surface area contributed by atoms with E-state index in [1.165, 1.54) is 5.57 Å². The standard InChI is InChI=1S/C9H12N2/c1-7-3-4-11-9(5-7)8(2)6-10-11/h3-6,8-9H,1-2H3. The molecule has 2 heteroatoms. The Morgan fingerprint density at radius 3 is 3.18 bits per heavy atom. The van der Waals surface area contributed by atoms with Crippen LogP contribution in [0.25, 0.3) is 0 Å². The zero-order valence-electron chi connectivity index (χ0n) is 6.86. The molecule has 0 aromatic rings. The molecule has 2 aliphatic rings. The largest absolute Gasteiger partial charge is 0.266 e. The van der Waals surface area contributed by atoms with Crippen molar-refractivity contribution >= 4 is 6.21 Å². The zero-order valence-corrected chi connectivity index (χ0v) is 6.86. The number of rotatable bonds is 0. The molecule has 2 aliphatic heterocycles. The molecule has 0 aliphatic carbocycles. The molecule has 2 atom stereocenters. The molecule has 11 heavy (non-hydrogen) atoms. The molecule has 0 aromatic carbocycles. The minimum atomic E-state index is 0.472. The molecular weight excluding hydrogens is 136 g/mol. The molecule has 0 aromatic heterocycles. The monoisotopic (exact) mass is 148 g/mol. The number of hydrogen-bond donors (Lipinski definition) is 0. The molecule has 0 fully saturated rings. The van der Waals surface area contributed by atoms with Crippen molar-refractivity contribution in [3.8, 4) is 0 Å². The summed E-state index contributed by atoms with van der Waals surface area (Å²) in [5.41, 5.74) is 1.34. The molecular formula is C9H12N2. The molecule has 2 unspecified atom stereocenters. The minimum absolute atomic E-state index is 0.472. The first-order valence-electron chi connectivity index (χ1n) is 3.96. The van der Waals surface area contributed by atoms with Crippen LogP contribution in [0.5, 0.6) is 0 Å². The number of fused-ring (bicyclic) bond motifs is 1. The van der Waals surface area contributed by atoms with Crippen LogP contribution in [-0.2, 0) is 0 Å². The Hall–Kier alpha value is -1.05. The van der Waals surface area contributed by atoms with Crippen LogP contribution in [0.15, 0.2) is 29.0 Å². The van der Waals surface area contributed by atoms with Gasteiger partial charge in [0.2, 0.25) is 0 Å². The summed E-state index contributed by atoms with van der Waals surface area (Å²) in [6.45, 7) is 4.32. The molecule has 2 heterocycles. The van der Waals surface area contributed by atoms with Gasteiger partial charge in [0.1, 0.15) is 0 Å². The van der Waals surface area contributed by atoms with Gasteiger partial charge in [0.05, 0.1) is 6.04 Å². The Morgan fingerprint density at radius 1 is 1.55 bits per heavy atom. The first kappa shape index (κ1) is 6.65. The maximum atomic E-state index is 4.25. The second-order valence-corrected chi connectivity index (χ2v) is 3.22. The molecule has 0 amide bonds. The maximum Gasteiger partial charge on any atom is 0.0780 e. The summed E-state index contributed by atoms with van der Waals surface area (Å²) in [6.07, 6.45) is 8.40. The van der Waals surface area contributed by atoms with Gasteiger partial charge in [-0.15, -0.1) is 0 Å². The van der Waals surface area contributed by atoms with Crippen molar-refractivity contribution in [1.82, 2.24) is 5.01 Å². The van der Waals surface area contributed by atoms with Crippen LogP contribution >= 0.6 is 0 Å². The summed E-state index contributed by atoms with van der Waals surface area (Å²) in [6, 6.07) is 0.472. The van der Waals surface area contributed by atoms with Gasteiger partial charge >= 0.3 is 0 Å². The molecule has 0 radical (unpaired) electrons. The van der Waals surface area contributed by atoms with Crippen molar-refractivity contribution < 1.29 is 0 Å². The predicted octanol–water partition coefficient (Wildman–Crippen LogP) is 1.77. The van der Waals surface area contributed by atoms with Crippen molar-refractivity contribution in [2.45, 2.75) is 19.9 Å². The van der Waals surface area contributed by atoms with Crippen LogP contribution in [0.3, 0.4) is 0 Å². The summed E-state index contributed by atoms with van der Waals surface area (Å²) in [7, 11) is 0. The number of hydrazone groups is 1.